The number of ether oxygens (including phenoxy) is 2. The van der Waals surface area contributed by atoms with Crippen LogP contribution >= 0.6 is 0 Å². The quantitative estimate of drug-likeness (QED) is 0.887. The van der Waals surface area contributed by atoms with E-state index in [1.54, 1.807) is 11.8 Å². The maximum atomic E-state index is 12.6. The Balaban J connectivity index is 1.50. The summed E-state index contributed by atoms with van der Waals surface area (Å²) in [7, 11) is 0. The minimum absolute atomic E-state index is 0.0132. The molecule has 0 radical (unpaired) electrons. The van der Waals surface area contributed by atoms with E-state index >= 15 is 0 Å². The lowest BCUT2D eigenvalue weighted by atomic mass is 10.0. The maximum Gasteiger partial charge on any atom is 0.254 e. The standard InChI is InChI=1S/C17H17N3O4/c1-10-18-13-8-20(5-4-12(13)17(22)19-10)16(21)7-11-2-3-14-15(6-11)24-9-23-14/h2-3,6H,4-5,7-9H2,1H3,(H,18,19,22). The molecule has 2 aromatic rings. The first-order valence-corrected chi connectivity index (χ1v) is 7.85. The van der Waals surface area contributed by atoms with Gasteiger partial charge in [-0.25, -0.2) is 4.98 Å². The maximum absolute atomic E-state index is 12.6. The monoisotopic (exact) mass is 327 g/mol. The van der Waals surface area contributed by atoms with E-state index in [0.29, 0.717) is 48.1 Å². The van der Waals surface area contributed by atoms with E-state index in [-0.39, 0.29) is 24.7 Å². The van der Waals surface area contributed by atoms with Gasteiger partial charge in [0.1, 0.15) is 5.82 Å². The molecule has 1 aromatic carbocycles. The van der Waals surface area contributed by atoms with E-state index in [4.69, 9.17) is 9.47 Å². The zero-order valence-corrected chi connectivity index (χ0v) is 13.3. The van der Waals surface area contributed by atoms with Crippen LogP contribution in [-0.4, -0.2) is 34.1 Å². The smallest absolute Gasteiger partial charge is 0.254 e. The van der Waals surface area contributed by atoms with E-state index in [1.807, 2.05) is 18.2 Å². The Labute approximate surface area is 138 Å². The van der Waals surface area contributed by atoms with Crippen molar-refractivity contribution in [1.82, 2.24) is 14.9 Å². The Morgan fingerprint density at radius 1 is 1.33 bits per heavy atom. The average Bonchev–Trinajstić information content (AvgIpc) is 3.01. The molecule has 0 saturated heterocycles. The van der Waals surface area contributed by atoms with E-state index in [1.165, 1.54) is 0 Å². The summed E-state index contributed by atoms with van der Waals surface area (Å²) >= 11 is 0. The Morgan fingerprint density at radius 3 is 3.04 bits per heavy atom. The first kappa shape index (κ1) is 14.7. The second-order valence-electron chi connectivity index (χ2n) is 6.01. The van der Waals surface area contributed by atoms with Gasteiger partial charge in [0, 0.05) is 12.1 Å². The predicted molar refractivity (Wildman–Crippen MR) is 85.0 cm³/mol. The third-order valence-corrected chi connectivity index (χ3v) is 4.34. The molecule has 0 unspecified atom stereocenters. The molecule has 1 N–H and O–H groups in total. The van der Waals surface area contributed by atoms with Crippen molar-refractivity contribution >= 4 is 5.91 Å². The third kappa shape index (κ3) is 2.62. The first-order valence-electron chi connectivity index (χ1n) is 7.85. The van der Waals surface area contributed by atoms with Crippen LogP contribution in [0.5, 0.6) is 11.5 Å². The van der Waals surface area contributed by atoms with Gasteiger partial charge in [-0.2, -0.15) is 0 Å². The molecule has 2 aliphatic heterocycles. The number of fused-ring (bicyclic) bond motifs is 2. The van der Waals surface area contributed by atoms with Crippen LogP contribution in [0, 0.1) is 6.92 Å². The van der Waals surface area contributed by atoms with Crippen LogP contribution in [-0.2, 0) is 24.2 Å². The highest BCUT2D eigenvalue weighted by molar-refractivity contribution is 5.79. The van der Waals surface area contributed by atoms with Crippen LogP contribution in [0.3, 0.4) is 0 Å². The number of nitrogens with one attached hydrogen (secondary N) is 1. The van der Waals surface area contributed by atoms with Crippen molar-refractivity contribution in [3.8, 4) is 11.5 Å². The molecule has 4 rings (SSSR count). The third-order valence-electron chi connectivity index (χ3n) is 4.34. The molecule has 3 heterocycles. The number of aromatic amines is 1. The van der Waals surface area contributed by atoms with Gasteiger partial charge in [-0.3, -0.25) is 9.59 Å². The van der Waals surface area contributed by atoms with Crippen LogP contribution in [0.1, 0.15) is 22.6 Å². The van der Waals surface area contributed by atoms with E-state index in [0.717, 1.165) is 5.56 Å². The van der Waals surface area contributed by atoms with Gasteiger partial charge in [-0.15, -0.1) is 0 Å². The van der Waals surface area contributed by atoms with Crippen molar-refractivity contribution in [3.63, 3.8) is 0 Å². The van der Waals surface area contributed by atoms with Crippen LogP contribution in [0.2, 0.25) is 0 Å². The Hall–Kier alpha value is -2.83. The fourth-order valence-corrected chi connectivity index (χ4v) is 3.11. The molecule has 0 bridgehead atoms. The molecule has 0 saturated carbocycles. The van der Waals surface area contributed by atoms with Crippen LogP contribution in [0.25, 0.3) is 0 Å². The number of aryl methyl sites for hydroxylation is 1. The highest BCUT2D eigenvalue weighted by Crippen LogP contribution is 2.32. The summed E-state index contributed by atoms with van der Waals surface area (Å²) in [6.45, 7) is 2.87. The Bertz CT molecular complexity index is 875. The van der Waals surface area contributed by atoms with Crippen molar-refractivity contribution in [2.75, 3.05) is 13.3 Å². The second kappa shape index (κ2) is 5.67. The lowest BCUT2D eigenvalue weighted by Crippen LogP contribution is -2.40. The molecule has 1 amide bonds. The predicted octanol–water partition coefficient (Wildman–Crippen LogP) is 0.934. The molecule has 24 heavy (non-hydrogen) atoms. The van der Waals surface area contributed by atoms with Crippen LogP contribution in [0.15, 0.2) is 23.0 Å². The van der Waals surface area contributed by atoms with Gasteiger partial charge < -0.3 is 19.4 Å². The van der Waals surface area contributed by atoms with Gasteiger partial charge in [-0.1, -0.05) is 6.07 Å². The van der Waals surface area contributed by atoms with E-state index in [2.05, 4.69) is 9.97 Å². The number of hydrogen-bond acceptors (Lipinski definition) is 5. The van der Waals surface area contributed by atoms with Gasteiger partial charge in [-0.05, 0) is 31.0 Å². The second-order valence-corrected chi connectivity index (χ2v) is 6.01. The Kier molecular flexibility index (Phi) is 3.48. The first-order chi connectivity index (χ1) is 11.6. The van der Waals surface area contributed by atoms with Gasteiger partial charge in [0.25, 0.3) is 5.56 Å². The van der Waals surface area contributed by atoms with Crippen molar-refractivity contribution in [1.29, 1.82) is 0 Å². The minimum atomic E-state index is -0.0969. The largest absolute Gasteiger partial charge is 0.454 e. The van der Waals surface area contributed by atoms with Crippen molar-refractivity contribution in [2.24, 2.45) is 0 Å². The summed E-state index contributed by atoms with van der Waals surface area (Å²) in [5, 5.41) is 0. The van der Waals surface area contributed by atoms with Crippen LogP contribution in [0.4, 0.5) is 0 Å². The zero-order chi connectivity index (χ0) is 16.7. The molecule has 7 heteroatoms. The fraction of sp³-hybridized carbons (Fsp3) is 0.353. The van der Waals surface area contributed by atoms with Gasteiger partial charge >= 0.3 is 0 Å². The molecule has 124 valence electrons. The number of amides is 1. The van der Waals surface area contributed by atoms with Gasteiger partial charge in [0.2, 0.25) is 12.7 Å². The van der Waals surface area contributed by atoms with E-state index < -0.39 is 0 Å². The number of carbonyl (C=O) groups is 1. The number of nitrogens with zero attached hydrogens (tertiary/aromatic N) is 2. The summed E-state index contributed by atoms with van der Waals surface area (Å²) < 4.78 is 10.6. The van der Waals surface area contributed by atoms with Gasteiger partial charge in [0.15, 0.2) is 11.5 Å². The number of aromatic nitrogens is 2. The highest BCUT2D eigenvalue weighted by Gasteiger charge is 2.24. The number of hydrogen-bond donors (Lipinski definition) is 1. The summed E-state index contributed by atoms with van der Waals surface area (Å²) in [6.07, 6.45) is 0.818. The molecular formula is C17H17N3O4. The normalized spacial score (nSPS) is 15.3. The minimum Gasteiger partial charge on any atom is -0.454 e. The summed E-state index contributed by atoms with van der Waals surface area (Å²) in [5.41, 5.74) is 2.17. The summed E-state index contributed by atoms with van der Waals surface area (Å²) in [4.78, 5) is 33.4. The number of rotatable bonds is 2. The number of benzene rings is 1. The van der Waals surface area contributed by atoms with Crippen molar-refractivity contribution < 1.29 is 14.3 Å². The summed E-state index contributed by atoms with van der Waals surface area (Å²) in [6, 6.07) is 5.53. The molecule has 0 fully saturated rings. The average molecular weight is 327 g/mol. The Morgan fingerprint density at radius 2 is 2.17 bits per heavy atom. The fourth-order valence-electron chi connectivity index (χ4n) is 3.11. The SMILES string of the molecule is Cc1nc2c(c(=O)[nH]1)CCN(C(=O)Cc1ccc3c(c1)OCO3)C2. The molecule has 0 atom stereocenters. The van der Waals surface area contributed by atoms with Gasteiger partial charge in [0.05, 0.1) is 18.7 Å². The molecule has 7 nitrogen and oxygen atoms in total. The number of H-pyrrole nitrogens is 1. The molecule has 0 spiro atoms. The van der Waals surface area contributed by atoms with Crippen molar-refractivity contribution in [3.05, 3.63) is 51.2 Å². The number of carbonyl (C=O) groups excluding carboxylic acids is 1. The van der Waals surface area contributed by atoms with Crippen molar-refractivity contribution in [2.45, 2.75) is 26.3 Å². The lowest BCUT2D eigenvalue weighted by molar-refractivity contribution is -0.131. The molecule has 1 aromatic heterocycles. The lowest BCUT2D eigenvalue weighted by Gasteiger charge is -2.27. The molecule has 2 aliphatic rings. The molecule has 0 aliphatic carbocycles. The zero-order valence-electron chi connectivity index (χ0n) is 13.3. The van der Waals surface area contributed by atoms with Crippen LogP contribution < -0.4 is 15.0 Å². The molecular weight excluding hydrogens is 310 g/mol. The summed E-state index contributed by atoms with van der Waals surface area (Å²) in [5.74, 6) is 1.97. The topological polar surface area (TPSA) is 84.5 Å². The highest BCUT2D eigenvalue weighted by atomic mass is 16.7. The van der Waals surface area contributed by atoms with E-state index in [9.17, 15) is 9.59 Å².